The Labute approximate surface area is 141 Å². The second kappa shape index (κ2) is 8.76. The number of carbonyl (C=O) groups excluding carboxylic acids is 2. The quantitative estimate of drug-likeness (QED) is 0.703. The van der Waals surface area contributed by atoms with Crippen LogP contribution in [-0.2, 0) is 16.1 Å². The van der Waals surface area contributed by atoms with Crippen molar-refractivity contribution in [2.75, 3.05) is 6.54 Å². The highest BCUT2D eigenvalue weighted by Crippen LogP contribution is 2.29. The van der Waals surface area contributed by atoms with E-state index in [0.717, 1.165) is 38.2 Å². The Morgan fingerprint density at radius 1 is 1.21 bits per heavy atom. The molecule has 1 aliphatic carbocycles. The van der Waals surface area contributed by atoms with Gasteiger partial charge in [0.05, 0.1) is 0 Å². The minimum Gasteiger partial charge on any atom is -0.356 e. The largest absolute Gasteiger partial charge is 0.356 e. The number of amides is 2. The van der Waals surface area contributed by atoms with E-state index in [2.05, 4.69) is 5.32 Å². The molecule has 1 N–H and O–H groups in total. The van der Waals surface area contributed by atoms with Gasteiger partial charge in [0, 0.05) is 44.1 Å². The van der Waals surface area contributed by atoms with Gasteiger partial charge in [0.1, 0.15) is 11.6 Å². The molecule has 1 fully saturated rings. The van der Waals surface area contributed by atoms with E-state index in [9.17, 15) is 18.4 Å². The van der Waals surface area contributed by atoms with E-state index in [4.69, 9.17) is 0 Å². The molecule has 1 aromatic rings. The van der Waals surface area contributed by atoms with Crippen molar-refractivity contribution in [3.8, 4) is 0 Å². The standard InChI is InChI=1S/C18H24F2N2O2/c1-13(23)21-10-4-2-3-5-18(24)22(16-8-9-16)12-14-6-7-15(19)11-17(14)20/h6-7,11,16H,2-5,8-10,12H2,1H3,(H,21,23). The second-order valence-electron chi connectivity index (χ2n) is 6.28. The summed E-state index contributed by atoms with van der Waals surface area (Å²) in [6, 6.07) is 3.66. The number of hydrogen-bond donors (Lipinski definition) is 1. The number of benzene rings is 1. The predicted octanol–water partition coefficient (Wildman–Crippen LogP) is 3.15. The van der Waals surface area contributed by atoms with Gasteiger partial charge < -0.3 is 10.2 Å². The summed E-state index contributed by atoms with van der Waals surface area (Å²) >= 11 is 0. The zero-order valence-electron chi connectivity index (χ0n) is 14.0. The highest BCUT2D eigenvalue weighted by molar-refractivity contribution is 5.76. The van der Waals surface area contributed by atoms with Crippen LogP contribution < -0.4 is 5.32 Å². The average molecular weight is 338 g/mol. The number of carbonyl (C=O) groups is 2. The van der Waals surface area contributed by atoms with Crippen LogP contribution in [0.4, 0.5) is 8.78 Å². The molecule has 2 rings (SSSR count). The van der Waals surface area contributed by atoms with Crippen LogP contribution in [-0.4, -0.2) is 29.3 Å². The average Bonchev–Trinajstić information content (AvgIpc) is 3.34. The molecule has 0 bridgehead atoms. The maximum atomic E-state index is 13.8. The Bertz CT molecular complexity index is 588. The van der Waals surface area contributed by atoms with Crippen molar-refractivity contribution in [2.45, 2.75) is 58.0 Å². The fourth-order valence-corrected chi connectivity index (χ4v) is 2.63. The van der Waals surface area contributed by atoms with Gasteiger partial charge in [-0.1, -0.05) is 12.5 Å². The monoisotopic (exact) mass is 338 g/mol. The number of nitrogens with one attached hydrogen (secondary N) is 1. The van der Waals surface area contributed by atoms with E-state index in [1.165, 1.54) is 19.1 Å². The molecule has 6 heteroatoms. The molecule has 0 spiro atoms. The lowest BCUT2D eigenvalue weighted by Gasteiger charge is -2.23. The van der Waals surface area contributed by atoms with Crippen molar-refractivity contribution < 1.29 is 18.4 Å². The second-order valence-corrected chi connectivity index (χ2v) is 6.28. The molecule has 0 unspecified atom stereocenters. The lowest BCUT2D eigenvalue weighted by atomic mass is 10.1. The number of hydrogen-bond acceptors (Lipinski definition) is 2. The summed E-state index contributed by atoms with van der Waals surface area (Å²) < 4.78 is 26.8. The van der Waals surface area contributed by atoms with Crippen LogP contribution in [0.3, 0.4) is 0 Å². The normalized spacial score (nSPS) is 13.6. The third-order valence-electron chi connectivity index (χ3n) is 4.11. The van der Waals surface area contributed by atoms with Gasteiger partial charge in [-0.05, 0) is 31.7 Å². The van der Waals surface area contributed by atoms with E-state index >= 15 is 0 Å². The van der Waals surface area contributed by atoms with Crippen molar-refractivity contribution in [3.05, 3.63) is 35.4 Å². The summed E-state index contributed by atoms with van der Waals surface area (Å²) in [4.78, 5) is 24.9. The zero-order chi connectivity index (χ0) is 17.5. The SMILES string of the molecule is CC(=O)NCCCCCC(=O)N(Cc1ccc(F)cc1F)C1CC1. The Morgan fingerprint density at radius 2 is 1.96 bits per heavy atom. The molecule has 132 valence electrons. The molecule has 4 nitrogen and oxygen atoms in total. The fraction of sp³-hybridized carbons (Fsp3) is 0.556. The van der Waals surface area contributed by atoms with Crippen molar-refractivity contribution in [2.24, 2.45) is 0 Å². The van der Waals surface area contributed by atoms with Crippen molar-refractivity contribution >= 4 is 11.8 Å². The molecule has 1 saturated carbocycles. The summed E-state index contributed by atoms with van der Waals surface area (Å²) in [5, 5.41) is 2.72. The van der Waals surface area contributed by atoms with Crippen molar-refractivity contribution in [3.63, 3.8) is 0 Å². The van der Waals surface area contributed by atoms with E-state index in [0.29, 0.717) is 18.5 Å². The lowest BCUT2D eigenvalue weighted by molar-refractivity contribution is -0.132. The van der Waals surface area contributed by atoms with Gasteiger partial charge in [-0.25, -0.2) is 8.78 Å². The Morgan fingerprint density at radius 3 is 2.58 bits per heavy atom. The Hall–Kier alpha value is -1.98. The molecule has 2 amide bonds. The van der Waals surface area contributed by atoms with Crippen LogP contribution in [0.2, 0.25) is 0 Å². The molecule has 0 atom stereocenters. The summed E-state index contributed by atoms with van der Waals surface area (Å²) in [6.07, 6.45) is 4.74. The number of rotatable bonds is 9. The first kappa shape index (κ1) is 18.4. The van der Waals surface area contributed by atoms with Crippen molar-refractivity contribution in [1.82, 2.24) is 10.2 Å². The maximum Gasteiger partial charge on any atom is 0.223 e. The van der Waals surface area contributed by atoms with Crippen LogP contribution >= 0.6 is 0 Å². The first-order valence-electron chi connectivity index (χ1n) is 8.45. The third kappa shape index (κ3) is 5.91. The van der Waals surface area contributed by atoms with Gasteiger partial charge in [-0.15, -0.1) is 0 Å². The molecule has 0 radical (unpaired) electrons. The van der Waals surface area contributed by atoms with Crippen LogP contribution in [0.5, 0.6) is 0 Å². The molecular weight excluding hydrogens is 314 g/mol. The van der Waals surface area contributed by atoms with E-state index in [-0.39, 0.29) is 24.4 Å². The minimum atomic E-state index is -0.611. The molecular formula is C18H24F2N2O2. The Kier molecular flexibility index (Phi) is 6.70. The highest BCUT2D eigenvalue weighted by Gasteiger charge is 2.32. The summed E-state index contributed by atoms with van der Waals surface area (Å²) in [6.45, 7) is 2.30. The number of unbranched alkanes of at least 4 members (excludes halogenated alkanes) is 2. The molecule has 0 saturated heterocycles. The molecule has 0 aliphatic heterocycles. The van der Waals surface area contributed by atoms with Gasteiger partial charge in [-0.3, -0.25) is 9.59 Å². The van der Waals surface area contributed by atoms with E-state index in [1.54, 1.807) is 4.90 Å². The van der Waals surface area contributed by atoms with Gasteiger partial charge in [0.25, 0.3) is 0 Å². The van der Waals surface area contributed by atoms with Gasteiger partial charge in [0.2, 0.25) is 11.8 Å². The van der Waals surface area contributed by atoms with E-state index < -0.39 is 11.6 Å². The van der Waals surface area contributed by atoms with Crippen LogP contribution in [0.1, 0.15) is 51.0 Å². The van der Waals surface area contributed by atoms with Gasteiger partial charge in [0.15, 0.2) is 0 Å². The molecule has 0 aromatic heterocycles. The highest BCUT2D eigenvalue weighted by atomic mass is 19.1. The summed E-state index contributed by atoms with van der Waals surface area (Å²) in [7, 11) is 0. The summed E-state index contributed by atoms with van der Waals surface area (Å²) in [5.41, 5.74) is 0.349. The van der Waals surface area contributed by atoms with Gasteiger partial charge >= 0.3 is 0 Å². The first-order chi connectivity index (χ1) is 11.5. The maximum absolute atomic E-state index is 13.8. The van der Waals surface area contributed by atoms with Crippen LogP contribution in [0.15, 0.2) is 18.2 Å². The Balaban J connectivity index is 1.79. The number of nitrogens with zero attached hydrogens (tertiary/aromatic N) is 1. The van der Waals surface area contributed by atoms with E-state index in [1.807, 2.05) is 0 Å². The first-order valence-corrected chi connectivity index (χ1v) is 8.45. The van der Waals surface area contributed by atoms with Crippen LogP contribution in [0.25, 0.3) is 0 Å². The van der Waals surface area contributed by atoms with Crippen LogP contribution in [0, 0.1) is 11.6 Å². The topological polar surface area (TPSA) is 49.4 Å². The van der Waals surface area contributed by atoms with Crippen molar-refractivity contribution in [1.29, 1.82) is 0 Å². The lowest BCUT2D eigenvalue weighted by Crippen LogP contribution is -2.32. The number of halogens is 2. The summed E-state index contributed by atoms with van der Waals surface area (Å²) in [5.74, 6) is -1.25. The predicted molar refractivity (Wildman–Crippen MR) is 87.1 cm³/mol. The molecule has 0 heterocycles. The fourth-order valence-electron chi connectivity index (χ4n) is 2.63. The van der Waals surface area contributed by atoms with Gasteiger partial charge in [-0.2, -0.15) is 0 Å². The third-order valence-corrected chi connectivity index (χ3v) is 4.11. The zero-order valence-corrected chi connectivity index (χ0v) is 14.0. The smallest absolute Gasteiger partial charge is 0.223 e. The molecule has 1 aromatic carbocycles. The molecule has 24 heavy (non-hydrogen) atoms. The molecule has 1 aliphatic rings. The minimum absolute atomic E-state index is 0.0146.